The summed E-state index contributed by atoms with van der Waals surface area (Å²) in [5.41, 5.74) is 0. The van der Waals surface area contributed by atoms with Gasteiger partial charge in [-0.1, -0.05) is 11.6 Å². The summed E-state index contributed by atoms with van der Waals surface area (Å²) in [6, 6.07) is 1.39. The summed E-state index contributed by atoms with van der Waals surface area (Å²) < 4.78 is 43.1. The SMILES string of the molecule is Cc1noc([C@H]2C[C@H]3OCC[C@H]3N(C3CCC3)C2)n1.O=C(O)C(F)(F)F. The molecule has 0 radical (unpaired) electrons. The Morgan fingerprint density at radius 3 is 2.50 bits per heavy atom. The first-order chi connectivity index (χ1) is 12.3. The molecule has 1 N–H and O–H groups in total. The van der Waals surface area contributed by atoms with Crippen LogP contribution in [-0.2, 0) is 9.53 Å². The van der Waals surface area contributed by atoms with Crippen LogP contribution in [0.1, 0.15) is 49.7 Å². The van der Waals surface area contributed by atoms with E-state index in [1.807, 2.05) is 6.92 Å². The number of likely N-dealkylation sites (tertiary alicyclic amines) is 1. The molecule has 0 aromatic carbocycles. The van der Waals surface area contributed by atoms with Crippen LogP contribution in [0.2, 0.25) is 0 Å². The molecular formula is C16H22F3N3O4. The van der Waals surface area contributed by atoms with Crippen LogP contribution in [0.15, 0.2) is 4.52 Å². The van der Waals surface area contributed by atoms with Crippen molar-refractivity contribution in [1.29, 1.82) is 0 Å². The number of nitrogens with zero attached hydrogens (tertiary/aromatic N) is 3. The molecule has 0 unspecified atom stereocenters. The molecule has 0 amide bonds. The summed E-state index contributed by atoms with van der Waals surface area (Å²) in [5, 5.41) is 11.1. The molecule has 2 saturated heterocycles. The Balaban J connectivity index is 0.000000242. The molecule has 26 heavy (non-hydrogen) atoms. The van der Waals surface area contributed by atoms with Gasteiger partial charge in [-0.05, 0) is 32.6 Å². The smallest absolute Gasteiger partial charge is 0.475 e. The highest BCUT2D eigenvalue weighted by atomic mass is 19.4. The molecule has 3 aliphatic rings. The van der Waals surface area contributed by atoms with E-state index >= 15 is 0 Å². The third-order valence-corrected chi connectivity index (χ3v) is 5.23. The number of piperidine rings is 1. The van der Waals surface area contributed by atoms with Gasteiger partial charge >= 0.3 is 12.1 Å². The lowest BCUT2D eigenvalue weighted by atomic mass is 9.83. The second-order valence-corrected chi connectivity index (χ2v) is 6.96. The van der Waals surface area contributed by atoms with E-state index in [9.17, 15) is 13.2 Å². The average molecular weight is 377 g/mol. The summed E-state index contributed by atoms with van der Waals surface area (Å²) in [6.45, 7) is 3.86. The number of carbonyl (C=O) groups is 1. The zero-order valence-electron chi connectivity index (χ0n) is 14.4. The maximum Gasteiger partial charge on any atom is 0.490 e. The van der Waals surface area contributed by atoms with E-state index in [0.717, 1.165) is 37.3 Å². The van der Waals surface area contributed by atoms with Crippen molar-refractivity contribution in [3.05, 3.63) is 11.7 Å². The fourth-order valence-electron chi connectivity index (χ4n) is 3.78. The first kappa shape index (κ1) is 19.1. The number of rotatable bonds is 2. The molecule has 1 aliphatic carbocycles. The predicted molar refractivity (Wildman–Crippen MR) is 82.6 cm³/mol. The largest absolute Gasteiger partial charge is 0.490 e. The summed E-state index contributed by atoms with van der Waals surface area (Å²) in [6.07, 6.45) is 1.58. The number of aromatic nitrogens is 2. The number of carboxylic acids is 1. The van der Waals surface area contributed by atoms with Gasteiger partial charge < -0.3 is 14.4 Å². The lowest BCUT2D eigenvalue weighted by Gasteiger charge is -2.47. The van der Waals surface area contributed by atoms with Gasteiger partial charge in [0, 0.05) is 25.2 Å². The van der Waals surface area contributed by atoms with E-state index in [1.165, 1.54) is 25.7 Å². The summed E-state index contributed by atoms with van der Waals surface area (Å²) in [4.78, 5) is 16.0. The highest BCUT2D eigenvalue weighted by Crippen LogP contribution is 2.40. The number of halogens is 3. The molecule has 1 aromatic rings. The van der Waals surface area contributed by atoms with Crippen LogP contribution in [-0.4, -0.2) is 63.6 Å². The Labute approximate surface area is 148 Å². The van der Waals surface area contributed by atoms with Crippen molar-refractivity contribution in [1.82, 2.24) is 15.0 Å². The maximum absolute atomic E-state index is 10.6. The van der Waals surface area contributed by atoms with E-state index in [1.54, 1.807) is 0 Å². The standard InChI is InChI=1S/C14H21N3O2.C2HF3O2/c1-9-15-14(19-16-9)10-7-13-12(5-6-18-13)17(8-10)11-3-2-4-11;3-2(4,5)1(6)7/h10-13H,2-8H2,1H3;(H,6,7)/t10-,12+,13+;/m0./s1. The summed E-state index contributed by atoms with van der Waals surface area (Å²) >= 11 is 0. The van der Waals surface area contributed by atoms with E-state index in [0.29, 0.717) is 18.1 Å². The minimum atomic E-state index is -5.08. The van der Waals surface area contributed by atoms with Crippen molar-refractivity contribution < 1.29 is 32.3 Å². The van der Waals surface area contributed by atoms with Crippen LogP contribution in [0, 0.1) is 6.92 Å². The lowest BCUT2D eigenvalue weighted by Crippen LogP contribution is -2.55. The highest BCUT2D eigenvalue weighted by Gasteiger charge is 2.45. The molecule has 146 valence electrons. The van der Waals surface area contributed by atoms with Gasteiger partial charge in [-0.25, -0.2) is 4.79 Å². The van der Waals surface area contributed by atoms with E-state index in [2.05, 4.69) is 15.0 Å². The number of alkyl halides is 3. The first-order valence-corrected chi connectivity index (χ1v) is 8.73. The molecule has 3 fully saturated rings. The molecule has 0 spiro atoms. The lowest BCUT2D eigenvalue weighted by molar-refractivity contribution is -0.192. The Bertz CT molecular complexity index is 633. The number of aryl methyl sites for hydroxylation is 1. The molecule has 3 atom stereocenters. The molecule has 1 saturated carbocycles. The zero-order chi connectivity index (χ0) is 18.9. The predicted octanol–water partition coefficient (Wildman–Crippen LogP) is 2.51. The Kier molecular flexibility index (Phi) is 5.52. The maximum atomic E-state index is 10.6. The van der Waals surface area contributed by atoms with Gasteiger partial charge in [-0.2, -0.15) is 18.2 Å². The zero-order valence-corrected chi connectivity index (χ0v) is 14.4. The number of hydrogen-bond donors (Lipinski definition) is 1. The van der Waals surface area contributed by atoms with Crippen LogP contribution in [0.3, 0.4) is 0 Å². The van der Waals surface area contributed by atoms with Gasteiger partial charge in [0.2, 0.25) is 5.89 Å². The second kappa shape index (κ2) is 7.51. The van der Waals surface area contributed by atoms with E-state index < -0.39 is 12.1 Å². The summed E-state index contributed by atoms with van der Waals surface area (Å²) in [5.74, 6) is -0.871. The van der Waals surface area contributed by atoms with Crippen molar-refractivity contribution in [2.24, 2.45) is 0 Å². The highest BCUT2D eigenvalue weighted by molar-refractivity contribution is 5.73. The molecule has 2 aliphatic heterocycles. The third-order valence-electron chi connectivity index (χ3n) is 5.23. The minimum Gasteiger partial charge on any atom is -0.475 e. The Morgan fingerprint density at radius 2 is 2.00 bits per heavy atom. The van der Waals surface area contributed by atoms with Gasteiger partial charge in [0.05, 0.1) is 12.0 Å². The number of fused-ring (bicyclic) bond motifs is 1. The quantitative estimate of drug-likeness (QED) is 0.847. The molecule has 4 rings (SSSR count). The first-order valence-electron chi connectivity index (χ1n) is 8.73. The van der Waals surface area contributed by atoms with Crippen molar-refractivity contribution in [3.63, 3.8) is 0 Å². The average Bonchev–Trinajstić information content (AvgIpc) is 3.13. The Morgan fingerprint density at radius 1 is 1.31 bits per heavy atom. The second-order valence-electron chi connectivity index (χ2n) is 6.96. The number of hydrogen-bond acceptors (Lipinski definition) is 6. The van der Waals surface area contributed by atoms with Crippen molar-refractivity contribution in [2.75, 3.05) is 13.2 Å². The number of carboxylic acid groups (broad SMARTS) is 1. The van der Waals surface area contributed by atoms with Crippen LogP contribution in [0.4, 0.5) is 13.2 Å². The van der Waals surface area contributed by atoms with Crippen LogP contribution in [0.5, 0.6) is 0 Å². The normalized spacial score (nSPS) is 29.5. The van der Waals surface area contributed by atoms with E-state index in [-0.39, 0.29) is 0 Å². The number of ether oxygens (including phenoxy) is 1. The van der Waals surface area contributed by atoms with Gasteiger partial charge in [-0.15, -0.1) is 0 Å². The van der Waals surface area contributed by atoms with Crippen molar-refractivity contribution in [2.45, 2.75) is 69.3 Å². The van der Waals surface area contributed by atoms with E-state index in [4.69, 9.17) is 19.2 Å². The minimum absolute atomic E-state index is 0.348. The van der Waals surface area contributed by atoms with Gasteiger partial charge in [-0.3, -0.25) is 4.90 Å². The van der Waals surface area contributed by atoms with Gasteiger partial charge in [0.1, 0.15) is 0 Å². The molecule has 3 heterocycles. The van der Waals surface area contributed by atoms with Crippen LogP contribution in [0.25, 0.3) is 0 Å². The van der Waals surface area contributed by atoms with Gasteiger partial charge in [0.15, 0.2) is 5.82 Å². The number of aliphatic carboxylic acids is 1. The molecule has 10 heteroatoms. The molecule has 7 nitrogen and oxygen atoms in total. The van der Waals surface area contributed by atoms with Gasteiger partial charge in [0.25, 0.3) is 0 Å². The molecular weight excluding hydrogens is 355 g/mol. The fourth-order valence-corrected chi connectivity index (χ4v) is 3.78. The van der Waals surface area contributed by atoms with Crippen molar-refractivity contribution in [3.8, 4) is 0 Å². The fraction of sp³-hybridized carbons (Fsp3) is 0.812. The monoisotopic (exact) mass is 377 g/mol. The topological polar surface area (TPSA) is 88.7 Å². The third kappa shape index (κ3) is 4.17. The van der Waals surface area contributed by atoms with Crippen LogP contribution >= 0.6 is 0 Å². The molecule has 0 bridgehead atoms. The summed E-state index contributed by atoms with van der Waals surface area (Å²) in [7, 11) is 0. The van der Waals surface area contributed by atoms with Crippen LogP contribution < -0.4 is 0 Å². The molecule has 1 aromatic heterocycles. The van der Waals surface area contributed by atoms with Crippen molar-refractivity contribution >= 4 is 5.97 Å². The Hall–Kier alpha value is -1.68.